The summed E-state index contributed by atoms with van der Waals surface area (Å²) in [5.41, 5.74) is 0.606. The maximum atomic E-state index is 11.8. The number of hydrogen-bond acceptors (Lipinski definition) is 4. The first-order valence-electron chi connectivity index (χ1n) is 5.93. The zero-order valence-corrected chi connectivity index (χ0v) is 10.6. The van der Waals surface area contributed by atoms with Crippen molar-refractivity contribution >= 4 is 0 Å². The van der Waals surface area contributed by atoms with Gasteiger partial charge in [0.2, 0.25) is 0 Å². The Bertz CT molecular complexity index is 860. The normalized spacial score (nSPS) is 10.7. The molecule has 1 N–H and O–H groups in total. The molecule has 0 amide bonds. The highest BCUT2D eigenvalue weighted by atomic mass is 16.2. The van der Waals surface area contributed by atoms with Crippen molar-refractivity contribution in [1.82, 2.24) is 24.5 Å². The van der Waals surface area contributed by atoms with Crippen LogP contribution < -0.4 is 11.2 Å². The molecule has 1 aromatic carbocycles. The summed E-state index contributed by atoms with van der Waals surface area (Å²) >= 11 is 0. The molecule has 7 heteroatoms. The van der Waals surface area contributed by atoms with Crippen molar-refractivity contribution in [2.75, 3.05) is 0 Å². The van der Waals surface area contributed by atoms with Gasteiger partial charge in [0.15, 0.2) is 0 Å². The topological polar surface area (TPSA) is 85.6 Å². The van der Waals surface area contributed by atoms with Crippen molar-refractivity contribution < 1.29 is 0 Å². The van der Waals surface area contributed by atoms with Gasteiger partial charge in [0.05, 0.1) is 17.4 Å². The molecule has 20 heavy (non-hydrogen) atoms. The van der Waals surface area contributed by atoms with Crippen molar-refractivity contribution in [3.63, 3.8) is 0 Å². The summed E-state index contributed by atoms with van der Waals surface area (Å²) in [6, 6.07) is 9.43. The van der Waals surface area contributed by atoms with Gasteiger partial charge in [0.1, 0.15) is 5.69 Å². The van der Waals surface area contributed by atoms with Gasteiger partial charge < -0.3 is 4.57 Å². The van der Waals surface area contributed by atoms with Crippen molar-refractivity contribution in [2.45, 2.75) is 0 Å². The summed E-state index contributed by atoms with van der Waals surface area (Å²) in [7, 11) is 1.56. The van der Waals surface area contributed by atoms with E-state index >= 15 is 0 Å². The fraction of sp³-hybridized carbons (Fsp3) is 0.0769. The van der Waals surface area contributed by atoms with Crippen molar-refractivity contribution in [3.8, 4) is 16.9 Å². The van der Waals surface area contributed by atoms with Gasteiger partial charge in [-0.2, -0.15) is 0 Å². The summed E-state index contributed by atoms with van der Waals surface area (Å²) in [6.07, 6.45) is 3.09. The van der Waals surface area contributed by atoms with Gasteiger partial charge in [-0.1, -0.05) is 23.4 Å². The smallest absolute Gasteiger partial charge is 0.303 e. The van der Waals surface area contributed by atoms with Gasteiger partial charge in [-0.25, -0.2) is 9.48 Å². The minimum Gasteiger partial charge on any atom is -0.303 e. The Kier molecular flexibility index (Phi) is 2.79. The first kappa shape index (κ1) is 12.1. The number of hydrogen-bond donors (Lipinski definition) is 1. The van der Waals surface area contributed by atoms with Crippen molar-refractivity contribution in [1.29, 1.82) is 0 Å². The van der Waals surface area contributed by atoms with Crippen LogP contribution in [0.15, 0.2) is 52.3 Å². The van der Waals surface area contributed by atoms with E-state index in [9.17, 15) is 9.59 Å². The fourth-order valence-corrected chi connectivity index (χ4v) is 1.84. The van der Waals surface area contributed by atoms with Crippen LogP contribution in [-0.4, -0.2) is 24.5 Å². The van der Waals surface area contributed by atoms with Crippen LogP contribution in [0.4, 0.5) is 0 Å². The van der Waals surface area contributed by atoms with Crippen LogP contribution in [0.2, 0.25) is 0 Å². The maximum Gasteiger partial charge on any atom is 0.328 e. The van der Waals surface area contributed by atoms with Crippen LogP contribution in [0.3, 0.4) is 0 Å². The second-order valence-corrected chi connectivity index (χ2v) is 4.30. The molecule has 7 nitrogen and oxygen atoms in total. The molecule has 2 heterocycles. The molecule has 0 aliphatic heterocycles. The lowest BCUT2D eigenvalue weighted by Gasteiger charge is -1.99. The van der Waals surface area contributed by atoms with Crippen LogP contribution in [0, 0.1) is 0 Å². The van der Waals surface area contributed by atoms with E-state index in [0.717, 1.165) is 5.69 Å². The van der Waals surface area contributed by atoms with Gasteiger partial charge >= 0.3 is 5.69 Å². The standard InChI is InChI=1S/C13H11N5O2/c1-17-7-10(12(19)14-13(17)20)11-8-18(16-15-11)9-5-3-2-4-6-9/h2-8H,1H3,(H,14,19,20). The first-order chi connectivity index (χ1) is 9.65. The van der Waals surface area contributed by atoms with Crippen LogP contribution in [-0.2, 0) is 7.05 Å². The molecular weight excluding hydrogens is 258 g/mol. The highest BCUT2D eigenvalue weighted by molar-refractivity contribution is 5.55. The van der Waals surface area contributed by atoms with Crippen molar-refractivity contribution in [3.05, 3.63) is 63.6 Å². The van der Waals surface area contributed by atoms with E-state index in [1.165, 1.54) is 10.8 Å². The lowest BCUT2D eigenvalue weighted by Crippen LogP contribution is -2.28. The van der Waals surface area contributed by atoms with E-state index in [1.54, 1.807) is 17.9 Å². The molecular formula is C13H11N5O2. The lowest BCUT2D eigenvalue weighted by molar-refractivity contribution is 0.796. The van der Waals surface area contributed by atoms with E-state index < -0.39 is 11.2 Å². The SMILES string of the molecule is Cn1cc(-c2cn(-c3ccccc3)nn2)c(=O)[nH]c1=O. The number of aromatic nitrogens is 5. The number of aromatic amines is 1. The molecule has 3 rings (SSSR count). The zero-order chi connectivity index (χ0) is 14.1. The molecule has 0 saturated carbocycles. The highest BCUT2D eigenvalue weighted by Crippen LogP contribution is 2.12. The Labute approximate surface area is 113 Å². The monoisotopic (exact) mass is 269 g/mol. The number of nitrogens with one attached hydrogen (secondary N) is 1. The third kappa shape index (κ3) is 2.05. The molecule has 0 atom stereocenters. The van der Waals surface area contributed by atoms with Gasteiger partial charge in [-0.05, 0) is 12.1 Å². The Morgan fingerprint density at radius 2 is 1.85 bits per heavy atom. The van der Waals surface area contributed by atoms with Crippen LogP contribution >= 0.6 is 0 Å². The van der Waals surface area contributed by atoms with E-state index in [0.29, 0.717) is 11.3 Å². The Morgan fingerprint density at radius 1 is 1.10 bits per heavy atom. The third-order valence-corrected chi connectivity index (χ3v) is 2.90. The van der Waals surface area contributed by atoms with Crippen molar-refractivity contribution in [2.24, 2.45) is 7.05 Å². The molecule has 100 valence electrons. The number of nitrogens with zero attached hydrogens (tertiary/aromatic N) is 4. The van der Waals surface area contributed by atoms with Gasteiger partial charge in [0, 0.05) is 13.2 Å². The zero-order valence-electron chi connectivity index (χ0n) is 10.6. The number of para-hydroxylation sites is 1. The van der Waals surface area contributed by atoms with Crippen LogP contribution in [0.25, 0.3) is 16.9 Å². The van der Waals surface area contributed by atoms with E-state index in [4.69, 9.17) is 0 Å². The highest BCUT2D eigenvalue weighted by Gasteiger charge is 2.10. The Morgan fingerprint density at radius 3 is 2.60 bits per heavy atom. The molecule has 3 aromatic rings. The van der Waals surface area contributed by atoms with E-state index in [-0.39, 0.29) is 0 Å². The predicted octanol–water partition coefficient (Wildman–Crippen LogP) is 0.321. The summed E-state index contributed by atoms with van der Waals surface area (Å²) in [5, 5.41) is 7.95. The maximum absolute atomic E-state index is 11.8. The summed E-state index contributed by atoms with van der Waals surface area (Å²) in [6.45, 7) is 0. The summed E-state index contributed by atoms with van der Waals surface area (Å²) < 4.78 is 2.86. The summed E-state index contributed by atoms with van der Waals surface area (Å²) in [4.78, 5) is 25.3. The third-order valence-electron chi connectivity index (χ3n) is 2.90. The quantitative estimate of drug-likeness (QED) is 0.726. The number of H-pyrrole nitrogens is 1. The molecule has 0 fully saturated rings. The second kappa shape index (κ2) is 4.61. The van der Waals surface area contributed by atoms with Gasteiger partial charge in [-0.3, -0.25) is 9.78 Å². The molecule has 0 saturated heterocycles. The van der Waals surface area contributed by atoms with Gasteiger partial charge in [0.25, 0.3) is 5.56 Å². The molecule has 0 bridgehead atoms. The molecule has 0 unspecified atom stereocenters. The van der Waals surface area contributed by atoms with E-state index in [2.05, 4.69) is 15.3 Å². The average molecular weight is 269 g/mol. The molecule has 0 spiro atoms. The van der Waals surface area contributed by atoms with Crippen LogP contribution in [0.5, 0.6) is 0 Å². The largest absolute Gasteiger partial charge is 0.328 e. The lowest BCUT2D eigenvalue weighted by atomic mass is 10.2. The Hall–Kier alpha value is -2.96. The minimum absolute atomic E-state index is 0.300. The molecule has 0 aliphatic carbocycles. The Balaban J connectivity index is 2.09. The van der Waals surface area contributed by atoms with Gasteiger partial charge in [-0.15, -0.1) is 5.10 Å². The summed E-state index contributed by atoms with van der Waals surface area (Å²) in [5.74, 6) is 0. The number of aryl methyl sites for hydroxylation is 1. The predicted molar refractivity (Wildman–Crippen MR) is 72.7 cm³/mol. The van der Waals surface area contributed by atoms with E-state index in [1.807, 2.05) is 30.3 Å². The first-order valence-corrected chi connectivity index (χ1v) is 5.93. The number of benzene rings is 1. The second-order valence-electron chi connectivity index (χ2n) is 4.30. The fourth-order valence-electron chi connectivity index (χ4n) is 1.84. The molecule has 0 aliphatic rings. The van der Waals surface area contributed by atoms with Crippen LogP contribution in [0.1, 0.15) is 0 Å². The number of rotatable bonds is 2. The minimum atomic E-state index is -0.479. The average Bonchev–Trinajstić information content (AvgIpc) is 2.93. The molecule has 0 radical (unpaired) electrons. The molecule has 2 aromatic heterocycles.